The molecule has 1 aromatic rings. The number of amides is 1. The van der Waals surface area contributed by atoms with Crippen LogP contribution in [0.15, 0.2) is 18.2 Å². The molecule has 0 atom stereocenters. The van der Waals surface area contributed by atoms with Gasteiger partial charge in [0.1, 0.15) is 6.61 Å². The van der Waals surface area contributed by atoms with E-state index in [-0.39, 0.29) is 23.0 Å². The summed E-state index contributed by atoms with van der Waals surface area (Å²) in [4.78, 5) is 21.1. The van der Waals surface area contributed by atoms with Gasteiger partial charge in [0, 0.05) is 30.0 Å². The van der Waals surface area contributed by atoms with Gasteiger partial charge in [-0.05, 0) is 6.07 Å². The number of nitro benzene ring substituents is 1. The van der Waals surface area contributed by atoms with E-state index in [0.717, 1.165) is 0 Å². The van der Waals surface area contributed by atoms with Gasteiger partial charge >= 0.3 is 0 Å². The average molecular weight is 245 g/mol. The van der Waals surface area contributed by atoms with Crippen molar-refractivity contribution in [1.29, 1.82) is 0 Å². The van der Waals surface area contributed by atoms with E-state index in [1.54, 1.807) is 0 Å². The number of nitro groups is 1. The molecule has 1 N–H and O–H groups in total. The first kappa shape index (κ1) is 12.4. The van der Waals surface area contributed by atoms with Crippen molar-refractivity contribution in [2.45, 2.75) is 0 Å². The maximum atomic E-state index is 11.2. The minimum absolute atomic E-state index is 0.125. The maximum Gasteiger partial charge on any atom is 0.272 e. The molecule has 0 aromatic heterocycles. The number of anilines is 1. The summed E-state index contributed by atoms with van der Waals surface area (Å²) in [7, 11) is 1.38. The highest BCUT2D eigenvalue weighted by Gasteiger charge is 2.10. The number of rotatable bonds is 4. The number of nitrogens with one attached hydrogen (secondary N) is 1. The number of benzene rings is 1. The Balaban J connectivity index is 2.88. The number of hydrogen-bond donors (Lipinski definition) is 1. The molecule has 0 bridgehead atoms. The molecule has 0 spiro atoms. The zero-order valence-corrected chi connectivity index (χ0v) is 9.15. The van der Waals surface area contributed by atoms with Gasteiger partial charge in [-0.25, -0.2) is 0 Å². The van der Waals surface area contributed by atoms with E-state index in [1.165, 1.54) is 25.3 Å². The third-order valence-corrected chi connectivity index (χ3v) is 1.87. The number of nitrogens with zero attached hydrogens (tertiary/aromatic N) is 1. The van der Waals surface area contributed by atoms with Crippen molar-refractivity contribution >= 4 is 28.9 Å². The fourth-order valence-corrected chi connectivity index (χ4v) is 1.31. The van der Waals surface area contributed by atoms with Crippen LogP contribution < -0.4 is 5.32 Å². The van der Waals surface area contributed by atoms with Gasteiger partial charge in [-0.3, -0.25) is 14.9 Å². The van der Waals surface area contributed by atoms with E-state index < -0.39 is 10.8 Å². The second kappa shape index (κ2) is 5.43. The molecule has 0 radical (unpaired) electrons. The summed E-state index contributed by atoms with van der Waals surface area (Å²) in [6.07, 6.45) is 0. The van der Waals surface area contributed by atoms with Gasteiger partial charge in [0.15, 0.2) is 0 Å². The molecule has 0 fully saturated rings. The van der Waals surface area contributed by atoms with Crippen LogP contribution in [0, 0.1) is 10.1 Å². The van der Waals surface area contributed by atoms with Crippen LogP contribution in [0.25, 0.3) is 0 Å². The standard InChI is InChI=1S/C9H9ClN2O4/c1-16-5-9(13)11-7-2-6(10)3-8(4-7)12(14)15/h2-4H,5H2,1H3,(H,11,13). The Hall–Kier alpha value is -1.66. The summed E-state index contributed by atoms with van der Waals surface area (Å²) in [5, 5.41) is 13.1. The molecule has 0 saturated carbocycles. The summed E-state index contributed by atoms with van der Waals surface area (Å²) in [6.45, 7) is -0.125. The second-order valence-corrected chi connectivity index (χ2v) is 3.37. The number of halogens is 1. The summed E-state index contributed by atoms with van der Waals surface area (Å²) in [5.74, 6) is -0.404. The molecule has 0 aliphatic carbocycles. The third-order valence-electron chi connectivity index (χ3n) is 1.65. The summed E-state index contributed by atoms with van der Waals surface area (Å²) >= 11 is 5.67. The van der Waals surface area contributed by atoms with Gasteiger partial charge < -0.3 is 10.1 Å². The Bertz CT molecular complexity index is 422. The second-order valence-electron chi connectivity index (χ2n) is 2.94. The van der Waals surface area contributed by atoms with Crippen molar-refractivity contribution < 1.29 is 14.5 Å². The number of non-ortho nitro benzene ring substituents is 1. The molecule has 86 valence electrons. The van der Waals surface area contributed by atoms with Crippen LogP contribution >= 0.6 is 11.6 Å². The first-order valence-electron chi connectivity index (χ1n) is 4.26. The molecule has 1 amide bonds. The first-order valence-corrected chi connectivity index (χ1v) is 4.64. The van der Waals surface area contributed by atoms with E-state index in [2.05, 4.69) is 10.1 Å². The van der Waals surface area contributed by atoms with E-state index in [1.807, 2.05) is 0 Å². The molecule has 0 aliphatic rings. The first-order chi connectivity index (χ1) is 7.52. The van der Waals surface area contributed by atoms with Gasteiger partial charge in [-0.2, -0.15) is 0 Å². The molecular formula is C9H9ClN2O4. The highest BCUT2D eigenvalue weighted by Crippen LogP contribution is 2.23. The molecule has 16 heavy (non-hydrogen) atoms. The third kappa shape index (κ3) is 3.48. The van der Waals surface area contributed by atoms with Crippen LogP contribution in [0.4, 0.5) is 11.4 Å². The normalized spacial score (nSPS) is 9.88. The van der Waals surface area contributed by atoms with E-state index in [9.17, 15) is 14.9 Å². The Morgan fingerprint density at radius 3 is 2.81 bits per heavy atom. The lowest BCUT2D eigenvalue weighted by molar-refractivity contribution is -0.384. The highest BCUT2D eigenvalue weighted by atomic mass is 35.5. The van der Waals surface area contributed by atoms with Crippen LogP contribution in [-0.2, 0) is 9.53 Å². The topological polar surface area (TPSA) is 81.5 Å². The predicted octanol–water partition coefficient (Wildman–Crippen LogP) is 1.83. The largest absolute Gasteiger partial charge is 0.375 e. The van der Waals surface area contributed by atoms with Gasteiger partial charge in [-0.1, -0.05) is 11.6 Å². The van der Waals surface area contributed by atoms with Crippen molar-refractivity contribution in [2.24, 2.45) is 0 Å². The van der Waals surface area contributed by atoms with Crippen LogP contribution in [-0.4, -0.2) is 24.5 Å². The summed E-state index contributed by atoms with van der Waals surface area (Å²) in [5.41, 5.74) is 0.0847. The quantitative estimate of drug-likeness (QED) is 0.647. The van der Waals surface area contributed by atoms with Gasteiger partial charge in [-0.15, -0.1) is 0 Å². The minimum Gasteiger partial charge on any atom is -0.375 e. The molecule has 0 saturated heterocycles. The van der Waals surface area contributed by atoms with E-state index in [4.69, 9.17) is 11.6 Å². The lowest BCUT2D eigenvalue weighted by Crippen LogP contribution is -2.17. The van der Waals surface area contributed by atoms with Crippen molar-refractivity contribution in [2.75, 3.05) is 19.0 Å². The lowest BCUT2D eigenvalue weighted by Gasteiger charge is -2.04. The monoisotopic (exact) mass is 244 g/mol. The lowest BCUT2D eigenvalue weighted by atomic mass is 10.3. The minimum atomic E-state index is -0.585. The van der Waals surface area contributed by atoms with Crippen molar-refractivity contribution in [3.63, 3.8) is 0 Å². The molecule has 7 heteroatoms. The molecule has 1 rings (SSSR count). The molecule has 6 nitrogen and oxygen atoms in total. The highest BCUT2D eigenvalue weighted by molar-refractivity contribution is 6.31. The molecule has 0 heterocycles. The molecule has 0 unspecified atom stereocenters. The van der Waals surface area contributed by atoms with Crippen molar-refractivity contribution in [3.05, 3.63) is 33.3 Å². The Labute approximate surface area is 96.3 Å². The summed E-state index contributed by atoms with van der Waals surface area (Å²) < 4.78 is 4.60. The van der Waals surface area contributed by atoms with Gasteiger partial charge in [0.05, 0.1) is 4.92 Å². The number of hydrogen-bond acceptors (Lipinski definition) is 4. The van der Waals surface area contributed by atoms with E-state index in [0.29, 0.717) is 0 Å². The van der Waals surface area contributed by atoms with Crippen LogP contribution in [0.5, 0.6) is 0 Å². The molecule has 1 aromatic carbocycles. The van der Waals surface area contributed by atoms with Crippen molar-refractivity contribution in [1.82, 2.24) is 0 Å². The SMILES string of the molecule is COCC(=O)Nc1cc(Cl)cc([N+](=O)[O-])c1. The number of methoxy groups -OCH3 is 1. The predicted molar refractivity (Wildman–Crippen MR) is 58.6 cm³/mol. The zero-order chi connectivity index (χ0) is 12.1. The Morgan fingerprint density at radius 1 is 1.56 bits per heavy atom. The fraction of sp³-hybridized carbons (Fsp3) is 0.222. The fourth-order valence-electron chi connectivity index (χ4n) is 1.08. The van der Waals surface area contributed by atoms with Gasteiger partial charge in [0.2, 0.25) is 5.91 Å². The van der Waals surface area contributed by atoms with Crippen LogP contribution in [0.3, 0.4) is 0 Å². The zero-order valence-electron chi connectivity index (χ0n) is 8.40. The van der Waals surface area contributed by atoms with Gasteiger partial charge in [0.25, 0.3) is 5.69 Å². The number of ether oxygens (including phenoxy) is 1. The number of carbonyl (C=O) groups is 1. The van der Waals surface area contributed by atoms with E-state index >= 15 is 0 Å². The van der Waals surface area contributed by atoms with Crippen LogP contribution in [0.2, 0.25) is 5.02 Å². The summed E-state index contributed by atoms with van der Waals surface area (Å²) in [6, 6.07) is 3.84. The Morgan fingerprint density at radius 2 is 2.25 bits per heavy atom. The van der Waals surface area contributed by atoms with Crippen LogP contribution in [0.1, 0.15) is 0 Å². The smallest absolute Gasteiger partial charge is 0.272 e. The maximum absolute atomic E-state index is 11.2. The molecular weight excluding hydrogens is 236 g/mol. The average Bonchev–Trinajstić information content (AvgIpc) is 2.16. The van der Waals surface area contributed by atoms with Crippen molar-refractivity contribution in [3.8, 4) is 0 Å². The Kier molecular flexibility index (Phi) is 4.21. The number of carbonyl (C=O) groups excluding carboxylic acids is 1. The molecule has 0 aliphatic heterocycles.